The molecular weight excluding hydrogens is 164 g/mol. The molecule has 3 nitrogen and oxygen atoms in total. The van der Waals surface area contributed by atoms with E-state index in [1.54, 1.807) is 6.92 Å². The fraction of sp³-hybridized carbons (Fsp3) is 0.600. The van der Waals surface area contributed by atoms with Gasteiger partial charge >= 0.3 is 0 Å². The zero-order valence-electron chi connectivity index (χ0n) is 8.64. The average molecular weight is 180 g/mol. The summed E-state index contributed by atoms with van der Waals surface area (Å²) >= 11 is 0. The number of hydrogen-bond acceptors (Lipinski definition) is 2. The van der Waals surface area contributed by atoms with Gasteiger partial charge in [0.15, 0.2) is 5.78 Å². The summed E-state index contributed by atoms with van der Waals surface area (Å²) in [6.45, 7) is 7.67. The summed E-state index contributed by atoms with van der Waals surface area (Å²) in [5, 5.41) is 0. The second kappa shape index (κ2) is 3.73. The van der Waals surface area contributed by atoms with Gasteiger partial charge in [-0.25, -0.2) is 4.98 Å². The number of aromatic amines is 1. The monoisotopic (exact) mass is 180 g/mol. The lowest BCUT2D eigenvalue weighted by molar-refractivity contribution is 0.101. The van der Waals surface area contributed by atoms with Crippen LogP contribution in [-0.2, 0) is 6.42 Å². The van der Waals surface area contributed by atoms with Crippen molar-refractivity contribution in [3.63, 3.8) is 0 Å². The third kappa shape index (κ3) is 2.41. The lowest BCUT2D eigenvalue weighted by Crippen LogP contribution is -1.97. The highest BCUT2D eigenvalue weighted by molar-refractivity contribution is 5.93. The SMILES string of the molecule is CC(=O)c1[nH]c(CC(C)C)nc1C. The number of rotatable bonds is 3. The van der Waals surface area contributed by atoms with Gasteiger partial charge in [-0.3, -0.25) is 4.79 Å². The zero-order valence-corrected chi connectivity index (χ0v) is 8.64. The number of nitrogens with zero attached hydrogens (tertiary/aromatic N) is 1. The summed E-state index contributed by atoms with van der Waals surface area (Å²) in [6.07, 6.45) is 0.897. The van der Waals surface area contributed by atoms with Gasteiger partial charge < -0.3 is 4.98 Å². The molecule has 0 aliphatic heterocycles. The molecule has 0 aromatic carbocycles. The molecule has 0 radical (unpaired) electrons. The van der Waals surface area contributed by atoms with Crippen LogP contribution in [0, 0.1) is 12.8 Å². The molecule has 1 rings (SSSR count). The van der Waals surface area contributed by atoms with E-state index in [9.17, 15) is 4.79 Å². The molecule has 0 aliphatic carbocycles. The number of imidazole rings is 1. The van der Waals surface area contributed by atoms with Crippen molar-refractivity contribution >= 4 is 5.78 Å². The normalized spacial score (nSPS) is 10.8. The van der Waals surface area contributed by atoms with Crippen LogP contribution in [0.1, 0.15) is 42.8 Å². The van der Waals surface area contributed by atoms with Crippen molar-refractivity contribution in [2.45, 2.75) is 34.1 Å². The van der Waals surface area contributed by atoms with Crippen LogP contribution in [0.3, 0.4) is 0 Å². The minimum atomic E-state index is 0.0556. The molecular formula is C10H16N2O. The molecule has 1 aromatic rings. The summed E-state index contributed by atoms with van der Waals surface area (Å²) in [4.78, 5) is 18.4. The first kappa shape index (κ1) is 9.96. The minimum absolute atomic E-state index is 0.0556. The topological polar surface area (TPSA) is 45.8 Å². The van der Waals surface area contributed by atoms with Crippen molar-refractivity contribution < 1.29 is 4.79 Å². The van der Waals surface area contributed by atoms with E-state index < -0.39 is 0 Å². The number of ketones is 1. The van der Waals surface area contributed by atoms with Crippen LogP contribution in [0.15, 0.2) is 0 Å². The van der Waals surface area contributed by atoms with Gasteiger partial charge in [0.05, 0.1) is 5.69 Å². The Labute approximate surface area is 78.6 Å². The van der Waals surface area contributed by atoms with Gasteiger partial charge in [-0.1, -0.05) is 13.8 Å². The standard InChI is InChI=1S/C10H16N2O/c1-6(2)5-9-11-7(3)10(12-9)8(4)13/h6H,5H2,1-4H3,(H,11,12). The average Bonchev–Trinajstić information content (AvgIpc) is 2.29. The van der Waals surface area contributed by atoms with E-state index in [2.05, 4.69) is 23.8 Å². The fourth-order valence-corrected chi connectivity index (χ4v) is 1.35. The molecule has 13 heavy (non-hydrogen) atoms. The van der Waals surface area contributed by atoms with Crippen molar-refractivity contribution in [3.8, 4) is 0 Å². The Balaban J connectivity index is 2.89. The van der Waals surface area contributed by atoms with Gasteiger partial charge in [0.25, 0.3) is 0 Å². The van der Waals surface area contributed by atoms with E-state index in [1.807, 2.05) is 6.92 Å². The van der Waals surface area contributed by atoms with E-state index in [1.165, 1.54) is 0 Å². The smallest absolute Gasteiger partial charge is 0.177 e. The Kier molecular flexibility index (Phi) is 2.86. The maximum absolute atomic E-state index is 11.1. The van der Waals surface area contributed by atoms with Gasteiger partial charge in [0, 0.05) is 13.3 Å². The maximum Gasteiger partial charge on any atom is 0.177 e. The van der Waals surface area contributed by atoms with E-state index in [4.69, 9.17) is 0 Å². The molecule has 0 bridgehead atoms. The summed E-state index contributed by atoms with van der Waals surface area (Å²) in [5.74, 6) is 1.53. The largest absolute Gasteiger partial charge is 0.339 e. The highest BCUT2D eigenvalue weighted by Crippen LogP contribution is 2.09. The fourth-order valence-electron chi connectivity index (χ4n) is 1.35. The summed E-state index contributed by atoms with van der Waals surface area (Å²) < 4.78 is 0. The number of carbonyl (C=O) groups excluding carboxylic acids is 1. The van der Waals surface area contributed by atoms with E-state index >= 15 is 0 Å². The summed E-state index contributed by atoms with van der Waals surface area (Å²) in [6, 6.07) is 0. The Morgan fingerprint density at radius 2 is 2.15 bits per heavy atom. The van der Waals surface area contributed by atoms with Gasteiger partial charge in [-0.05, 0) is 12.8 Å². The number of Topliss-reactive ketones (excluding diaryl/α,β-unsaturated/α-hetero) is 1. The summed E-state index contributed by atoms with van der Waals surface area (Å²) in [7, 11) is 0. The lowest BCUT2D eigenvalue weighted by atomic mass is 10.1. The van der Waals surface area contributed by atoms with Crippen molar-refractivity contribution in [2.24, 2.45) is 5.92 Å². The van der Waals surface area contributed by atoms with Crippen LogP contribution in [0.5, 0.6) is 0 Å². The van der Waals surface area contributed by atoms with Gasteiger partial charge in [0.1, 0.15) is 11.5 Å². The molecule has 1 heterocycles. The van der Waals surface area contributed by atoms with Crippen LogP contribution in [0.4, 0.5) is 0 Å². The van der Waals surface area contributed by atoms with Crippen LogP contribution >= 0.6 is 0 Å². The number of aryl methyl sites for hydroxylation is 1. The number of hydrogen-bond donors (Lipinski definition) is 1. The van der Waals surface area contributed by atoms with Gasteiger partial charge in [-0.15, -0.1) is 0 Å². The maximum atomic E-state index is 11.1. The highest BCUT2D eigenvalue weighted by Gasteiger charge is 2.10. The Bertz CT molecular complexity index is 313. The van der Waals surface area contributed by atoms with Crippen molar-refractivity contribution in [3.05, 3.63) is 17.2 Å². The van der Waals surface area contributed by atoms with E-state index in [0.29, 0.717) is 11.6 Å². The first-order chi connectivity index (χ1) is 6.00. The van der Waals surface area contributed by atoms with E-state index in [-0.39, 0.29) is 5.78 Å². The van der Waals surface area contributed by atoms with Crippen LogP contribution < -0.4 is 0 Å². The number of carbonyl (C=O) groups is 1. The quantitative estimate of drug-likeness (QED) is 0.724. The van der Waals surface area contributed by atoms with Crippen molar-refractivity contribution in [1.29, 1.82) is 0 Å². The Morgan fingerprint density at radius 1 is 1.54 bits per heavy atom. The Morgan fingerprint density at radius 3 is 2.54 bits per heavy atom. The third-order valence-corrected chi connectivity index (χ3v) is 1.89. The van der Waals surface area contributed by atoms with Crippen LogP contribution in [0.25, 0.3) is 0 Å². The molecule has 0 amide bonds. The van der Waals surface area contributed by atoms with Gasteiger partial charge in [0.2, 0.25) is 0 Å². The molecule has 0 saturated carbocycles. The van der Waals surface area contributed by atoms with Crippen LogP contribution in [0.2, 0.25) is 0 Å². The molecule has 0 saturated heterocycles. The van der Waals surface area contributed by atoms with E-state index in [0.717, 1.165) is 17.9 Å². The zero-order chi connectivity index (χ0) is 10.0. The predicted molar refractivity (Wildman–Crippen MR) is 51.9 cm³/mol. The van der Waals surface area contributed by atoms with Crippen molar-refractivity contribution in [2.75, 3.05) is 0 Å². The molecule has 1 N–H and O–H groups in total. The molecule has 0 aliphatic rings. The number of aromatic nitrogens is 2. The molecule has 0 unspecified atom stereocenters. The first-order valence-corrected chi connectivity index (χ1v) is 4.57. The number of nitrogens with one attached hydrogen (secondary N) is 1. The molecule has 72 valence electrons. The first-order valence-electron chi connectivity index (χ1n) is 4.57. The number of H-pyrrole nitrogens is 1. The molecule has 0 atom stereocenters. The molecule has 3 heteroatoms. The highest BCUT2D eigenvalue weighted by atomic mass is 16.1. The third-order valence-electron chi connectivity index (χ3n) is 1.89. The Hall–Kier alpha value is -1.12. The second-order valence-corrected chi connectivity index (χ2v) is 3.80. The van der Waals surface area contributed by atoms with Crippen LogP contribution in [-0.4, -0.2) is 15.8 Å². The summed E-state index contributed by atoms with van der Waals surface area (Å²) in [5.41, 5.74) is 1.46. The molecule has 1 aromatic heterocycles. The minimum Gasteiger partial charge on any atom is -0.339 e. The predicted octanol–water partition coefficient (Wildman–Crippen LogP) is 2.12. The van der Waals surface area contributed by atoms with Crippen molar-refractivity contribution in [1.82, 2.24) is 9.97 Å². The lowest BCUT2D eigenvalue weighted by Gasteiger charge is -1.98. The molecule has 0 fully saturated rings. The van der Waals surface area contributed by atoms with Gasteiger partial charge in [-0.2, -0.15) is 0 Å². The molecule has 0 spiro atoms. The second-order valence-electron chi connectivity index (χ2n) is 3.80.